The number of fused-ring (bicyclic) bond motifs is 1. The molecule has 0 aliphatic heterocycles. The Bertz CT molecular complexity index is 539. The molecule has 0 radical (unpaired) electrons. The van der Waals surface area contributed by atoms with Gasteiger partial charge in [0.1, 0.15) is 11.0 Å². The first-order chi connectivity index (χ1) is 8.72. The molecule has 0 saturated carbocycles. The first-order valence-corrected chi connectivity index (χ1v) is 6.83. The van der Waals surface area contributed by atoms with Gasteiger partial charge in [0, 0.05) is 5.39 Å². The minimum Gasteiger partial charge on any atom is -0.480 e. The first kappa shape index (κ1) is 12.8. The molecular weight excluding hydrogens is 248 g/mol. The van der Waals surface area contributed by atoms with E-state index in [0.29, 0.717) is 6.42 Å². The Morgan fingerprint density at radius 3 is 3.00 bits per heavy atom. The minimum absolute atomic E-state index is 0.534. The number of hydrogen-bond acceptors (Lipinski definition) is 4. The van der Waals surface area contributed by atoms with Crippen LogP contribution in [0, 0.1) is 0 Å². The molecule has 96 valence electrons. The molecule has 2 N–H and O–H groups in total. The molecule has 0 bridgehead atoms. The van der Waals surface area contributed by atoms with Crippen molar-refractivity contribution in [2.24, 2.45) is 0 Å². The fourth-order valence-electron chi connectivity index (χ4n) is 1.82. The number of carbonyl (C=O) groups is 1. The zero-order valence-corrected chi connectivity index (χ0v) is 11.0. The molecule has 1 heterocycles. The summed E-state index contributed by atoms with van der Waals surface area (Å²) in [6, 6.07) is 7.22. The molecule has 0 amide bonds. The van der Waals surface area contributed by atoms with Crippen molar-refractivity contribution in [2.45, 2.75) is 32.2 Å². The van der Waals surface area contributed by atoms with Crippen molar-refractivity contribution < 1.29 is 9.90 Å². The van der Waals surface area contributed by atoms with Gasteiger partial charge >= 0.3 is 5.97 Å². The van der Waals surface area contributed by atoms with Crippen LogP contribution in [-0.2, 0) is 4.79 Å². The minimum atomic E-state index is -0.805. The summed E-state index contributed by atoms with van der Waals surface area (Å²) in [5.74, 6) is -0.805. The summed E-state index contributed by atoms with van der Waals surface area (Å²) >= 11 is 1.32. The van der Waals surface area contributed by atoms with Gasteiger partial charge < -0.3 is 10.4 Å². The van der Waals surface area contributed by atoms with Crippen LogP contribution in [0.4, 0.5) is 5.00 Å². The maximum Gasteiger partial charge on any atom is 0.326 e. The fraction of sp³-hybridized carbons (Fsp3) is 0.385. The highest BCUT2D eigenvalue weighted by molar-refractivity contribution is 7.11. The number of carboxylic acid groups (broad SMARTS) is 1. The van der Waals surface area contributed by atoms with Crippen LogP contribution >= 0.6 is 11.5 Å². The van der Waals surface area contributed by atoms with Crippen LogP contribution in [0.5, 0.6) is 0 Å². The van der Waals surface area contributed by atoms with E-state index >= 15 is 0 Å². The van der Waals surface area contributed by atoms with Crippen molar-refractivity contribution in [1.82, 2.24) is 4.37 Å². The third-order valence-electron chi connectivity index (χ3n) is 2.83. The van der Waals surface area contributed by atoms with Crippen molar-refractivity contribution >= 4 is 33.4 Å². The normalized spacial score (nSPS) is 12.5. The molecule has 5 heteroatoms. The van der Waals surface area contributed by atoms with E-state index in [9.17, 15) is 9.90 Å². The number of nitrogens with one attached hydrogen (secondary N) is 1. The van der Waals surface area contributed by atoms with Gasteiger partial charge in [-0.15, -0.1) is 0 Å². The van der Waals surface area contributed by atoms with Crippen LogP contribution in [0.25, 0.3) is 10.9 Å². The molecule has 18 heavy (non-hydrogen) atoms. The molecular formula is C13H16N2O2S. The Hall–Kier alpha value is -1.62. The Morgan fingerprint density at radius 2 is 2.28 bits per heavy atom. The van der Waals surface area contributed by atoms with E-state index in [4.69, 9.17) is 0 Å². The molecule has 0 fully saturated rings. The zero-order valence-electron chi connectivity index (χ0n) is 10.2. The molecule has 0 saturated heterocycles. The Kier molecular flexibility index (Phi) is 4.15. The number of anilines is 1. The second-order valence-electron chi connectivity index (χ2n) is 4.21. The lowest BCUT2D eigenvalue weighted by Gasteiger charge is -2.13. The number of aliphatic carboxylic acids is 1. The van der Waals surface area contributed by atoms with E-state index in [1.807, 2.05) is 24.3 Å². The second-order valence-corrected chi connectivity index (χ2v) is 4.98. The average Bonchev–Trinajstić information content (AvgIpc) is 2.77. The molecule has 0 aliphatic carbocycles. The highest BCUT2D eigenvalue weighted by Gasteiger charge is 2.18. The first-order valence-electron chi connectivity index (χ1n) is 6.06. The summed E-state index contributed by atoms with van der Waals surface area (Å²) in [7, 11) is 0. The molecule has 0 spiro atoms. The highest BCUT2D eigenvalue weighted by atomic mass is 32.1. The quantitative estimate of drug-likeness (QED) is 0.840. The SMILES string of the molecule is CCCCC(Nc1snc2ccccc12)C(=O)O. The molecule has 1 aromatic carbocycles. The molecule has 1 unspecified atom stereocenters. The maximum absolute atomic E-state index is 11.2. The van der Waals surface area contributed by atoms with Crippen LogP contribution in [0.3, 0.4) is 0 Å². The van der Waals surface area contributed by atoms with Gasteiger partial charge in [0.2, 0.25) is 0 Å². The Labute approximate surface area is 110 Å². The van der Waals surface area contributed by atoms with Crippen molar-refractivity contribution in [1.29, 1.82) is 0 Å². The predicted octanol–water partition coefficient (Wildman–Crippen LogP) is 3.35. The smallest absolute Gasteiger partial charge is 0.326 e. The van der Waals surface area contributed by atoms with Gasteiger partial charge in [0.15, 0.2) is 0 Å². The summed E-state index contributed by atoms with van der Waals surface area (Å²) in [5.41, 5.74) is 0.907. The van der Waals surface area contributed by atoms with E-state index < -0.39 is 12.0 Å². The van der Waals surface area contributed by atoms with Crippen molar-refractivity contribution in [3.63, 3.8) is 0 Å². The number of nitrogens with zero attached hydrogens (tertiary/aromatic N) is 1. The predicted molar refractivity (Wildman–Crippen MR) is 74.2 cm³/mol. The third kappa shape index (κ3) is 2.79. The summed E-state index contributed by atoms with van der Waals surface area (Å²) in [5, 5.41) is 14.1. The number of benzene rings is 1. The van der Waals surface area contributed by atoms with E-state index in [-0.39, 0.29) is 0 Å². The number of unbranched alkanes of at least 4 members (excludes halogenated alkanes) is 1. The number of aromatic nitrogens is 1. The van der Waals surface area contributed by atoms with Gasteiger partial charge in [-0.2, -0.15) is 4.37 Å². The van der Waals surface area contributed by atoms with Gasteiger partial charge in [0.05, 0.1) is 5.52 Å². The van der Waals surface area contributed by atoms with Gasteiger partial charge in [-0.25, -0.2) is 4.79 Å². The van der Waals surface area contributed by atoms with Gasteiger partial charge in [-0.1, -0.05) is 31.9 Å². The maximum atomic E-state index is 11.2. The van der Waals surface area contributed by atoms with Crippen LogP contribution < -0.4 is 5.32 Å². The van der Waals surface area contributed by atoms with Crippen molar-refractivity contribution in [2.75, 3.05) is 5.32 Å². The summed E-state index contributed by atoms with van der Waals surface area (Å²) in [6.45, 7) is 2.06. The van der Waals surface area contributed by atoms with E-state index in [1.165, 1.54) is 11.5 Å². The van der Waals surface area contributed by atoms with Gasteiger partial charge in [-0.3, -0.25) is 0 Å². The van der Waals surface area contributed by atoms with E-state index in [1.54, 1.807) is 0 Å². The fourth-order valence-corrected chi connectivity index (χ4v) is 2.63. The third-order valence-corrected chi connectivity index (χ3v) is 3.64. The van der Waals surface area contributed by atoms with E-state index in [2.05, 4.69) is 16.6 Å². The van der Waals surface area contributed by atoms with Crippen LogP contribution in [0.15, 0.2) is 24.3 Å². The average molecular weight is 264 g/mol. The van der Waals surface area contributed by atoms with Gasteiger partial charge in [-0.05, 0) is 30.1 Å². The molecule has 1 aromatic heterocycles. The number of hydrogen-bond donors (Lipinski definition) is 2. The summed E-state index contributed by atoms with van der Waals surface area (Å²) < 4.78 is 4.30. The zero-order chi connectivity index (χ0) is 13.0. The molecule has 4 nitrogen and oxygen atoms in total. The number of carboxylic acids is 1. The largest absolute Gasteiger partial charge is 0.480 e. The Balaban J connectivity index is 2.18. The van der Waals surface area contributed by atoms with Crippen LogP contribution in [0.1, 0.15) is 26.2 Å². The van der Waals surface area contributed by atoms with Gasteiger partial charge in [0.25, 0.3) is 0 Å². The Morgan fingerprint density at radius 1 is 1.50 bits per heavy atom. The van der Waals surface area contributed by atoms with Crippen molar-refractivity contribution in [3.05, 3.63) is 24.3 Å². The molecule has 1 atom stereocenters. The summed E-state index contributed by atoms with van der Waals surface area (Å²) in [4.78, 5) is 11.2. The standard InChI is InChI=1S/C13H16N2O2S/c1-2-3-7-11(13(16)17)14-12-9-6-4-5-8-10(9)15-18-12/h4-6,8,11,14H,2-3,7H2,1H3,(H,16,17). The lowest BCUT2D eigenvalue weighted by atomic mass is 10.1. The van der Waals surface area contributed by atoms with Crippen LogP contribution in [-0.4, -0.2) is 21.5 Å². The molecule has 2 aromatic rings. The molecule has 2 rings (SSSR count). The lowest BCUT2D eigenvalue weighted by Crippen LogP contribution is -2.28. The molecule has 0 aliphatic rings. The summed E-state index contributed by atoms with van der Waals surface area (Å²) in [6.07, 6.45) is 2.54. The van der Waals surface area contributed by atoms with Crippen molar-refractivity contribution in [3.8, 4) is 0 Å². The second kappa shape index (κ2) is 5.82. The van der Waals surface area contributed by atoms with Crippen LogP contribution in [0.2, 0.25) is 0 Å². The highest BCUT2D eigenvalue weighted by Crippen LogP contribution is 2.28. The number of rotatable bonds is 6. The lowest BCUT2D eigenvalue weighted by molar-refractivity contribution is -0.138. The van der Waals surface area contributed by atoms with E-state index in [0.717, 1.165) is 28.7 Å². The topological polar surface area (TPSA) is 62.2 Å². The monoisotopic (exact) mass is 264 g/mol.